The molecule has 5 nitrogen and oxygen atoms in total. The zero-order valence-corrected chi connectivity index (χ0v) is 8.03. The molecule has 0 spiro atoms. The lowest BCUT2D eigenvalue weighted by Crippen LogP contribution is -2.64. The Kier molecular flexibility index (Phi) is 2.22. The van der Waals surface area contributed by atoms with Gasteiger partial charge in [0.15, 0.2) is 6.10 Å². The normalized spacial score (nSPS) is 48.0. The van der Waals surface area contributed by atoms with Gasteiger partial charge in [0.1, 0.15) is 0 Å². The molecule has 0 amide bonds. The Balaban J connectivity index is 1.73. The zero-order valence-electron chi connectivity index (χ0n) is 8.03. The Labute approximate surface area is 82.6 Å². The highest BCUT2D eigenvalue weighted by Crippen LogP contribution is 2.34. The molecule has 0 saturated carbocycles. The second kappa shape index (κ2) is 3.43. The van der Waals surface area contributed by atoms with E-state index < -0.39 is 5.97 Å². The molecule has 1 N–H and O–H groups in total. The number of morpholine rings is 1. The van der Waals surface area contributed by atoms with Crippen molar-refractivity contribution in [3.63, 3.8) is 0 Å². The van der Waals surface area contributed by atoms with Crippen LogP contribution in [0.15, 0.2) is 0 Å². The summed E-state index contributed by atoms with van der Waals surface area (Å²) >= 11 is 0. The SMILES string of the molecule is C1COC(C23OCC(CO2)CO3)CN1. The van der Waals surface area contributed by atoms with Gasteiger partial charge in [-0.05, 0) is 0 Å². The van der Waals surface area contributed by atoms with Gasteiger partial charge in [0.2, 0.25) is 0 Å². The molecule has 4 aliphatic heterocycles. The van der Waals surface area contributed by atoms with Crippen LogP contribution in [-0.2, 0) is 18.9 Å². The Morgan fingerprint density at radius 3 is 2.36 bits per heavy atom. The van der Waals surface area contributed by atoms with Crippen molar-refractivity contribution in [2.75, 3.05) is 39.5 Å². The van der Waals surface area contributed by atoms with Crippen LogP contribution in [0.25, 0.3) is 0 Å². The highest BCUT2D eigenvalue weighted by atomic mass is 16.9. The second-order valence-electron chi connectivity index (χ2n) is 3.97. The molecule has 4 fully saturated rings. The number of nitrogens with one attached hydrogen (secondary N) is 1. The van der Waals surface area contributed by atoms with E-state index in [4.69, 9.17) is 18.9 Å². The predicted molar refractivity (Wildman–Crippen MR) is 46.7 cm³/mol. The molecule has 14 heavy (non-hydrogen) atoms. The third-order valence-corrected chi connectivity index (χ3v) is 2.88. The fraction of sp³-hybridized carbons (Fsp3) is 1.00. The summed E-state index contributed by atoms with van der Waals surface area (Å²) in [6, 6.07) is 0. The summed E-state index contributed by atoms with van der Waals surface area (Å²) in [5.41, 5.74) is 0. The minimum atomic E-state index is -0.928. The summed E-state index contributed by atoms with van der Waals surface area (Å²) in [5.74, 6) is -0.532. The van der Waals surface area contributed by atoms with E-state index in [-0.39, 0.29) is 6.10 Å². The van der Waals surface area contributed by atoms with Gasteiger partial charge in [0, 0.05) is 19.0 Å². The number of hydrogen-bond donors (Lipinski definition) is 1. The molecule has 4 aliphatic rings. The smallest absolute Gasteiger partial charge is 0.312 e. The van der Waals surface area contributed by atoms with Crippen molar-refractivity contribution in [2.24, 2.45) is 5.92 Å². The summed E-state index contributed by atoms with van der Waals surface area (Å²) in [7, 11) is 0. The fourth-order valence-electron chi connectivity index (χ4n) is 2.04. The van der Waals surface area contributed by atoms with Crippen molar-refractivity contribution in [3.8, 4) is 0 Å². The van der Waals surface area contributed by atoms with Gasteiger partial charge >= 0.3 is 5.97 Å². The number of fused-ring (bicyclic) bond motifs is 3. The average molecular weight is 201 g/mol. The van der Waals surface area contributed by atoms with Crippen LogP contribution in [0.4, 0.5) is 0 Å². The van der Waals surface area contributed by atoms with Gasteiger partial charge in [-0.15, -0.1) is 0 Å². The van der Waals surface area contributed by atoms with E-state index >= 15 is 0 Å². The van der Waals surface area contributed by atoms with Crippen LogP contribution in [0, 0.1) is 5.92 Å². The molecule has 0 radical (unpaired) electrons. The van der Waals surface area contributed by atoms with Gasteiger partial charge in [0.05, 0.1) is 26.4 Å². The van der Waals surface area contributed by atoms with E-state index in [1.807, 2.05) is 0 Å². The average Bonchev–Trinajstić information content (AvgIpc) is 2.33. The Bertz CT molecular complexity index is 195. The second-order valence-corrected chi connectivity index (χ2v) is 3.97. The molecule has 2 bridgehead atoms. The molecule has 0 aromatic carbocycles. The molecule has 4 heterocycles. The van der Waals surface area contributed by atoms with E-state index in [0.29, 0.717) is 12.5 Å². The lowest BCUT2D eigenvalue weighted by Gasteiger charge is -2.49. The fourth-order valence-corrected chi connectivity index (χ4v) is 2.04. The first-order valence-electron chi connectivity index (χ1n) is 5.13. The zero-order chi connectivity index (χ0) is 9.43. The van der Waals surface area contributed by atoms with Gasteiger partial charge in [0.25, 0.3) is 0 Å². The maximum absolute atomic E-state index is 5.60. The molecule has 0 aromatic heterocycles. The lowest BCUT2D eigenvalue weighted by molar-refractivity contribution is -0.476. The highest BCUT2D eigenvalue weighted by molar-refractivity contribution is 4.84. The van der Waals surface area contributed by atoms with Crippen molar-refractivity contribution >= 4 is 0 Å². The standard InChI is InChI=1S/C9H15NO4/c1-2-11-8(3-10-1)9-12-4-7(5-13-9)6-14-9/h7-8,10H,1-6H2. The minimum absolute atomic E-state index is 0.141. The van der Waals surface area contributed by atoms with Crippen molar-refractivity contribution in [3.05, 3.63) is 0 Å². The first-order chi connectivity index (χ1) is 6.89. The first-order valence-corrected chi connectivity index (χ1v) is 5.13. The van der Waals surface area contributed by atoms with Gasteiger partial charge in [-0.1, -0.05) is 0 Å². The molecule has 80 valence electrons. The van der Waals surface area contributed by atoms with E-state index in [0.717, 1.165) is 32.9 Å². The summed E-state index contributed by atoms with van der Waals surface area (Å²) < 4.78 is 22.4. The number of hydrogen-bond acceptors (Lipinski definition) is 5. The molecule has 0 aliphatic carbocycles. The van der Waals surface area contributed by atoms with Crippen LogP contribution in [0.1, 0.15) is 0 Å². The van der Waals surface area contributed by atoms with Gasteiger partial charge in [-0.25, -0.2) is 0 Å². The molecule has 5 heteroatoms. The van der Waals surface area contributed by atoms with Crippen molar-refractivity contribution in [1.29, 1.82) is 0 Å². The molecule has 1 unspecified atom stereocenters. The maximum atomic E-state index is 5.60. The molecule has 1 atom stereocenters. The van der Waals surface area contributed by atoms with Crippen LogP contribution >= 0.6 is 0 Å². The molecular weight excluding hydrogens is 186 g/mol. The third-order valence-electron chi connectivity index (χ3n) is 2.88. The Morgan fingerprint density at radius 1 is 1.07 bits per heavy atom. The topological polar surface area (TPSA) is 49.0 Å². The summed E-state index contributed by atoms with van der Waals surface area (Å²) in [6.45, 7) is 4.46. The maximum Gasteiger partial charge on any atom is 0.312 e. The molecular formula is C9H15NO4. The van der Waals surface area contributed by atoms with Crippen molar-refractivity contribution < 1.29 is 18.9 Å². The van der Waals surface area contributed by atoms with Crippen molar-refractivity contribution in [1.82, 2.24) is 5.32 Å². The van der Waals surface area contributed by atoms with E-state index in [9.17, 15) is 0 Å². The third kappa shape index (κ3) is 1.36. The Morgan fingerprint density at radius 2 is 1.79 bits per heavy atom. The highest BCUT2D eigenvalue weighted by Gasteiger charge is 2.51. The number of rotatable bonds is 1. The molecule has 4 saturated heterocycles. The van der Waals surface area contributed by atoms with Gasteiger partial charge < -0.3 is 24.3 Å². The summed E-state index contributed by atoms with van der Waals surface area (Å²) in [4.78, 5) is 0. The van der Waals surface area contributed by atoms with Crippen molar-refractivity contribution in [2.45, 2.75) is 12.1 Å². The number of ether oxygens (including phenoxy) is 4. The monoisotopic (exact) mass is 201 g/mol. The molecule has 4 rings (SSSR count). The van der Waals surface area contributed by atoms with Crippen LogP contribution < -0.4 is 5.32 Å². The molecule has 0 aromatic rings. The first kappa shape index (κ1) is 9.06. The van der Waals surface area contributed by atoms with Crippen LogP contribution in [0.5, 0.6) is 0 Å². The summed E-state index contributed by atoms with van der Waals surface area (Å²) in [5, 5.41) is 3.24. The van der Waals surface area contributed by atoms with Crippen LogP contribution in [-0.4, -0.2) is 51.6 Å². The predicted octanol–water partition coefficient (Wildman–Crippen LogP) is -0.678. The van der Waals surface area contributed by atoms with Crippen LogP contribution in [0.3, 0.4) is 0 Å². The van der Waals surface area contributed by atoms with E-state index in [1.54, 1.807) is 0 Å². The van der Waals surface area contributed by atoms with E-state index in [2.05, 4.69) is 5.32 Å². The Hall–Kier alpha value is -0.200. The largest absolute Gasteiger partial charge is 0.367 e. The van der Waals surface area contributed by atoms with Gasteiger partial charge in [-0.3, -0.25) is 0 Å². The quantitative estimate of drug-likeness (QED) is 0.609. The minimum Gasteiger partial charge on any atom is -0.367 e. The summed E-state index contributed by atoms with van der Waals surface area (Å²) in [6.07, 6.45) is -0.141. The van der Waals surface area contributed by atoms with Gasteiger partial charge in [-0.2, -0.15) is 0 Å². The lowest BCUT2D eigenvalue weighted by atomic mass is 10.1. The van der Waals surface area contributed by atoms with E-state index in [1.165, 1.54) is 0 Å². The van der Waals surface area contributed by atoms with Crippen LogP contribution in [0.2, 0.25) is 0 Å².